The fourth-order valence-electron chi connectivity index (χ4n) is 3.04. The molecule has 1 aromatic rings. The number of hydrogen-bond donors (Lipinski definition) is 1. The largest absolute Gasteiger partial charge is 0.381 e. The van der Waals surface area contributed by atoms with Crippen LogP contribution in [0, 0.1) is 0 Å². The average Bonchev–Trinajstić information content (AvgIpc) is 2.53. The molecule has 0 spiro atoms. The zero-order valence-electron chi connectivity index (χ0n) is 13.9. The van der Waals surface area contributed by atoms with Crippen molar-refractivity contribution in [1.82, 2.24) is 10.2 Å². The minimum Gasteiger partial charge on any atom is -0.381 e. The predicted octanol–water partition coefficient (Wildman–Crippen LogP) is 3.18. The lowest BCUT2D eigenvalue weighted by molar-refractivity contribution is 0.0404. The maximum absolute atomic E-state index is 5.46. The highest BCUT2D eigenvalue weighted by Crippen LogP contribution is 2.21. The van der Waals surface area contributed by atoms with Crippen molar-refractivity contribution in [2.45, 2.75) is 44.7 Å². The quantitative estimate of drug-likeness (QED) is 0.871. The molecule has 1 fully saturated rings. The van der Waals surface area contributed by atoms with Gasteiger partial charge in [0.15, 0.2) is 0 Å². The molecular weight excluding hydrogens is 260 g/mol. The fourth-order valence-corrected chi connectivity index (χ4v) is 3.04. The molecule has 1 aliphatic rings. The van der Waals surface area contributed by atoms with Gasteiger partial charge >= 0.3 is 0 Å². The van der Waals surface area contributed by atoms with Crippen LogP contribution in [0.3, 0.4) is 0 Å². The third-order valence-electron chi connectivity index (χ3n) is 4.64. The second kappa shape index (κ2) is 7.92. The van der Waals surface area contributed by atoms with Crippen LogP contribution in [0.4, 0.5) is 0 Å². The molecule has 0 saturated carbocycles. The molecule has 0 bridgehead atoms. The lowest BCUT2D eigenvalue weighted by Crippen LogP contribution is -2.41. The number of benzene rings is 1. The second-order valence-corrected chi connectivity index (χ2v) is 6.45. The van der Waals surface area contributed by atoms with E-state index < -0.39 is 0 Å². The smallest absolute Gasteiger partial charge is 0.0480 e. The van der Waals surface area contributed by atoms with E-state index in [1.807, 2.05) is 0 Å². The monoisotopic (exact) mass is 290 g/mol. The number of hydrogen-bond acceptors (Lipinski definition) is 3. The Morgan fingerprint density at radius 2 is 1.71 bits per heavy atom. The molecule has 1 saturated heterocycles. The number of likely N-dealkylation sites (N-methyl/N-ethyl adjacent to an activating group) is 2. The standard InChI is InChI=1S/C18H30N2O/c1-14(2)15-5-7-16(8-6-15)18(19-3)13-20(4)17-9-11-21-12-10-17/h5-8,14,17-19H,9-13H2,1-4H3. The van der Waals surface area contributed by atoms with Crippen LogP contribution in [0.2, 0.25) is 0 Å². The molecule has 1 N–H and O–H groups in total. The molecule has 21 heavy (non-hydrogen) atoms. The molecule has 1 aliphatic heterocycles. The van der Waals surface area contributed by atoms with E-state index >= 15 is 0 Å². The number of ether oxygens (including phenoxy) is 1. The Labute approximate surface area is 129 Å². The van der Waals surface area contributed by atoms with Crippen molar-refractivity contribution in [3.63, 3.8) is 0 Å². The minimum absolute atomic E-state index is 0.388. The van der Waals surface area contributed by atoms with Crippen LogP contribution in [-0.4, -0.2) is 44.8 Å². The summed E-state index contributed by atoms with van der Waals surface area (Å²) in [4.78, 5) is 2.49. The molecule has 118 valence electrons. The lowest BCUT2D eigenvalue weighted by Gasteiger charge is -2.33. The van der Waals surface area contributed by atoms with E-state index in [0.717, 1.165) is 32.6 Å². The zero-order valence-corrected chi connectivity index (χ0v) is 13.9. The predicted molar refractivity (Wildman–Crippen MR) is 88.8 cm³/mol. The Balaban J connectivity index is 1.98. The van der Waals surface area contributed by atoms with E-state index in [1.165, 1.54) is 11.1 Å². The summed E-state index contributed by atoms with van der Waals surface area (Å²) >= 11 is 0. The zero-order chi connectivity index (χ0) is 15.2. The Morgan fingerprint density at radius 3 is 2.24 bits per heavy atom. The van der Waals surface area contributed by atoms with E-state index in [9.17, 15) is 0 Å². The summed E-state index contributed by atoms with van der Waals surface area (Å²) in [5.41, 5.74) is 2.78. The van der Waals surface area contributed by atoms with Gasteiger partial charge in [-0.15, -0.1) is 0 Å². The summed E-state index contributed by atoms with van der Waals surface area (Å²) in [5, 5.41) is 3.46. The highest BCUT2D eigenvalue weighted by atomic mass is 16.5. The van der Waals surface area contributed by atoms with E-state index in [4.69, 9.17) is 4.74 Å². The molecule has 1 heterocycles. The first kappa shape index (κ1) is 16.5. The van der Waals surface area contributed by atoms with E-state index in [-0.39, 0.29) is 0 Å². The maximum atomic E-state index is 5.46. The van der Waals surface area contributed by atoms with Gasteiger partial charge in [-0.1, -0.05) is 38.1 Å². The fraction of sp³-hybridized carbons (Fsp3) is 0.667. The molecule has 3 heteroatoms. The van der Waals surface area contributed by atoms with Crippen molar-refractivity contribution in [2.75, 3.05) is 33.9 Å². The molecule has 3 nitrogen and oxygen atoms in total. The van der Waals surface area contributed by atoms with Gasteiger partial charge in [-0.25, -0.2) is 0 Å². The van der Waals surface area contributed by atoms with E-state index in [1.54, 1.807) is 0 Å². The van der Waals surface area contributed by atoms with Gasteiger partial charge < -0.3 is 15.0 Å². The van der Waals surface area contributed by atoms with Crippen LogP contribution in [0.5, 0.6) is 0 Å². The average molecular weight is 290 g/mol. The summed E-state index contributed by atoms with van der Waals surface area (Å²) in [6.07, 6.45) is 2.30. The molecule has 0 radical (unpaired) electrons. The molecule has 1 unspecified atom stereocenters. The first-order chi connectivity index (χ1) is 10.1. The SMILES string of the molecule is CNC(CN(C)C1CCOCC1)c1ccc(C(C)C)cc1. The van der Waals surface area contributed by atoms with Gasteiger partial charge in [0.25, 0.3) is 0 Å². The maximum Gasteiger partial charge on any atom is 0.0480 e. The highest BCUT2D eigenvalue weighted by Gasteiger charge is 2.21. The first-order valence-corrected chi connectivity index (χ1v) is 8.17. The van der Waals surface area contributed by atoms with Gasteiger partial charge in [0.2, 0.25) is 0 Å². The summed E-state index contributed by atoms with van der Waals surface area (Å²) in [5.74, 6) is 0.594. The molecule has 0 amide bonds. The van der Waals surface area contributed by atoms with Crippen molar-refractivity contribution < 1.29 is 4.74 Å². The molecule has 0 aliphatic carbocycles. The Morgan fingerprint density at radius 1 is 1.14 bits per heavy atom. The molecule has 0 aromatic heterocycles. The molecular formula is C18H30N2O. The van der Waals surface area contributed by atoms with Gasteiger partial charge in [0.1, 0.15) is 0 Å². The van der Waals surface area contributed by atoms with Crippen LogP contribution in [0.1, 0.15) is 49.8 Å². The Hall–Kier alpha value is -0.900. The first-order valence-electron chi connectivity index (χ1n) is 8.17. The second-order valence-electron chi connectivity index (χ2n) is 6.45. The molecule has 2 rings (SSSR count). The highest BCUT2D eigenvalue weighted by molar-refractivity contribution is 5.27. The summed E-state index contributed by atoms with van der Waals surface area (Å²) in [7, 11) is 4.29. The van der Waals surface area contributed by atoms with Gasteiger partial charge in [-0.2, -0.15) is 0 Å². The number of nitrogens with zero attached hydrogens (tertiary/aromatic N) is 1. The van der Waals surface area contributed by atoms with Crippen LogP contribution >= 0.6 is 0 Å². The van der Waals surface area contributed by atoms with Crippen LogP contribution in [0.25, 0.3) is 0 Å². The number of rotatable bonds is 6. The van der Waals surface area contributed by atoms with Crippen LogP contribution < -0.4 is 5.32 Å². The third kappa shape index (κ3) is 4.53. The van der Waals surface area contributed by atoms with Gasteiger partial charge in [-0.05, 0) is 44.0 Å². The summed E-state index contributed by atoms with van der Waals surface area (Å²) in [6, 6.07) is 10.1. The van der Waals surface area contributed by atoms with Crippen LogP contribution in [0.15, 0.2) is 24.3 Å². The van der Waals surface area contributed by atoms with Crippen molar-refractivity contribution in [2.24, 2.45) is 0 Å². The van der Waals surface area contributed by atoms with E-state index in [0.29, 0.717) is 18.0 Å². The van der Waals surface area contributed by atoms with Crippen molar-refractivity contribution in [1.29, 1.82) is 0 Å². The van der Waals surface area contributed by atoms with Gasteiger partial charge in [0, 0.05) is 31.8 Å². The summed E-state index contributed by atoms with van der Waals surface area (Å²) in [6.45, 7) is 7.33. The Kier molecular flexibility index (Phi) is 6.22. The minimum atomic E-state index is 0.388. The van der Waals surface area contributed by atoms with E-state index in [2.05, 4.69) is 62.4 Å². The van der Waals surface area contributed by atoms with Crippen molar-refractivity contribution >= 4 is 0 Å². The normalized spacial score (nSPS) is 18.4. The van der Waals surface area contributed by atoms with Gasteiger partial charge in [0.05, 0.1) is 0 Å². The molecule has 1 atom stereocenters. The van der Waals surface area contributed by atoms with Crippen molar-refractivity contribution in [3.8, 4) is 0 Å². The number of nitrogens with one attached hydrogen (secondary N) is 1. The third-order valence-corrected chi connectivity index (χ3v) is 4.64. The summed E-state index contributed by atoms with van der Waals surface area (Å²) < 4.78 is 5.46. The lowest BCUT2D eigenvalue weighted by atomic mass is 9.98. The van der Waals surface area contributed by atoms with Crippen LogP contribution in [-0.2, 0) is 4.74 Å². The Bertz CT molecular complexity index is 410. The van der Waals surface area contributed by atoms with Crippen molar-refractivity contribution in [3.05, 3.63) is 35.4 Å². The molecule has 1 aromatic carbocycles. The topological polar surface area (TPSA) is 24.5 Å². The van der Waals surface area contributed by atoms with Gasteiger partial charge in [-0.3, -0.25) is 0 Å².